The molecule has 0 saturated heterocycles. The molecule has 0 atom stereocenters. The minimum atomic E-state index is -0.508. The second kappa shape index (κ2) is 9.93. The van der Waals surface area contributed by atoms with Crippen molar-refractivity contribution < 1.29 is 14.3 Å². The van der Waals surface area contributed by atoms with Gasteiger partial charge in [0.25, 0.3) is 11.5 Å². The third-order valence-corrected chi connectivity index (χ3v) is 5.11. The van der Waals surface area contributed by atoms with Crippen molar-refractivity contribution in [2.45, 2.75) is 78.4 Å². The molecule has 1 saturated carbocycles. The zero-order valence-electron chi connectivity index (χ0n) is 18.4. The summed E-state index contributed by atoms with van der Waals surface area (Å²) in [7, 11) is 0. The summed E-state index contributed by atoms with van der Waals surface area (Å²) in [6.07, 6.45) is 3.87. The zero-order chi connectivity index (χ0) is 22.5. The van der Waals surface area contributed by atoms with Gasteiger partial charge in [0.2, 0.25) is 0 Å². The summed E-state index contributed by atoms with van der Waals surface area (Å²) in [5.41, 5.74) is -0.272. The number of aromatic nitrogens is 4. The minimum absolute atomic E-state index is 0.0230. The van der Waals surface area contributed by atoms with Crippen LogP contribution in [0.25, 0.3) is 11.2 Å². The van der Waals surface area contributed by atoms with E-state index in [-0.39, 0.29) is 37.3 Å². The lowest BCUT2D eigenvalue weighted by Gasteiger charge is -2.11. The maximum absolute atomic E-state index is 12.6. The monoisotopic (exact) mass is 433 g/mol. The Morgan fingerprint density at radius 3 is 2.65 bits per heavy atom. The number of nitrogens with zero attached hydrogens (tertiary/aromatic N) is 3. The number of esters is 1. The summed E-state index contributed by atoms with van der Waals surface area (Å²) in [6.45, 7) is 6.74. The normalized spacial score (nSPS) is 13.7. The first kappa shape index (κ1) is 22.8. The largest absolute Gasteiger partial charge is 0.456 e. The standard InChI is InChI=1S/C21H31N5O5/c1-4-5-10-25-19-18(20(29)24-21(25)30)26(11-13(2)3)15(23-19)8-9-17(28)31-12-16(27)22-14-6-7-14/h13-14H,4-12H2,1-3H3,(H,22,27)(H,24,29,30). The van der Waals surface area contributed by atoms with Gasteiger partial charge in [0.05, 0.1) is 6.42 Å². The van der Waals surface area contributed by atoms with Crippen molar-refractivity contribution in [3.63, 3.8) is 0 Å². The number of carbonyl (C=O) groups excluding carboxylic acids is 2. The summed E-state index contributed by atoms with van der Waals surface area (Å²) < 4.78 is 8.33. The second-order valence-electron chi connectivity index (χ2n) is 8.47. The van der Waals surface area contributed by atoms with Crippen LogP contribution in [0.1, 0.15) is 58.7 Å². The molecular weight excluding hydrogens is 402 g/mol. The summed E-state index contributed by atoms with van der Waals surface area (Å²) >= 11 is 0. The maximum Gasteiger partial charge on any atom is 0.330 e. The minimum Gasteiger partial charge on any atom is -0.456 e. The van der Waals surface area contributed by atoms with Crippen LogP contribution >= 0.6 is 0 Å². The van der Waals surface area contributed by atoms with Crippen LogP contribution in [0.4, 0.5) is 0 Å². The van der Waals surface area contributed by atoms with Crippen molar-refractivity contribution in [2.75, 3.05) is 6.61 Å². The molecule has 2 aromatic rings. The van der Waals surface area contributed by atoms with Crippen LogP contribution < -0.4 is 16.6 Å². The van der Waals surface area contributed by atoms with E-state index in [1.54, 1.807) is 4.57 Å². The molecule has 0 bridgehead atoms. The van der Waals surface area contributed by atoms with Crippen molar-refractivity contribution in [3.8, 4) is 0 Å². The average molecular weight is 434 g/mol. The number of nitrogens with one attached hydrogen (secondary N) is 2. The third kappa shape index (κ3) is 5.83. The van der Waals surface area contributed by atoms with E-state index in [4.69, 9.17) is 4.74 Å². The highest BCUT2D eigenvalue weighted by molar-refractivity contribution is 5.81. The summed E-state index contributed by atoms with van der Waals surface area (Å²) in [5.74, 6) is -0.0326. The van der Waals surface area contributed by atoms with E-state index in [0.717, 1.165) is 25.7 Å². The Labute approximate surface area is 180 Å². The number of hydrogen-bond acceptors (Lipinski definition) is 6. The average Bonchev–Trinajstić information content (AvgIpc) is 3.44. The highest BCUT2D eigenvalue weighted by Crippen LogP contribution is 2.18. The molecule has 1 fully saturated rings. The van der Waals surface area contributed by atoms with E-state index < -0.39 is 17.2 Å². The van der Waals surface area contributed by atoms with Gasteiger partial charge in [0.1, 0.15) is 5.82 Å². The van der Waals surface area contributed by atoms with E-state index in [9.17, 15) is 19.2 Å². The van der Waals surface area contributed by atoms with Gasteiger partial charge in [0, 0.05) is 25.6 Å². The predicted octanol–water partition coefficient (Wildman–Crippen LogP) is 1.10. The first-order valence-electron chi connectivity index (χ1n) is 11.0. The highest BCUT2D eigenvalue weighted by Gasteiger charge is 2.24. The number of aryl methyl sites for hydroxylation is 2. The lowest BCUT2D eigenvalue weighted by atomic mass is 10.2. The Hall–Kier alpha value is -2.91. The predicted molar refractivity (Wildman–Crippen MR) is 115 cm³/mol. The number of imidazole rings is 1. The lowest BCUT2D eigenvalue weighted by Crippen LogP contribution is -2.31. The van der Waals surface area contributed by atoms with Gasteiger partial charge >= 0.3 is 11.7 Å². The van der Waals surface area contributed by atoms with Gasteiger partial charge in [0.15, 0.2) is 17.8 Å². The van der Waals surface area contributed by atoms with Crippen LogP contribution in [0, 0.1) is 5.92 Å². The molecule has 0 aliphatic heterocycles. The summed E-state index contributed by atoms with van der Waals surface area (Å²) in [6, 6.07) is 0.213. The molecule has 170 valence electrons. The van der Waals surface area contributed by atoms with Gasteiger partial charge in [-0.15, -0.1) is 0 Å². The molecule has 1 aliphatic carbocycles. The van der Waals surface area contributed by atoms with Gasteiger partial charge in [-0.2, -0.15) is 0 Å². The molecule has 2 heterocycles. The summed E-state index contributed by atoms with van der Waals surface area (Å²) in [4.78, 5) is 55.7. The molecule has 0 spiro atoms. The SMILES string of the molecule is CCCCn1c(=O)[nH]c(=O)c2c1nc(CCC(=O)OCC(=O)NC1CC1)n2CC(C)C. The number of carbonyl (C=O) groups is 2. The molecule has 1 aliphatic rings. The number of aromatic amines is 1. The quantitative estimate of drug-likeness (QED) is 0.511. The third-order valence-electron chi connectivity index (χ3n) is 5.11. The molecule has 1 amide bonds. The topological polar surface area (TPSA) is 128 Å². The maximum atomic E-state index is 12.6. The molecule has 10 nitrogen and oxygen atoms in total. The lowest BCUT2D eigenvalue weighted by molar-refractivity contribution is -0.148. The van der Waals surface area contributed by atoms with Gasteiger partial charge in [-0.25, -0.2) is 9.78 Å². The van der Waals surface area contributed by atoms with Crippen LogP contribution in [0.5, 0.6) is 0 Å². The van der Waals surface area contributed by atoms with Crippen LogP contribution in [-0.2, 0) is 33.8 Å². The number of ether oxygens (including phenoxy) is 1. The number of fused-ring (bicyclic) bond motifs is 1. The summed E-state index contributed by atoms with van der Waals surface area (Å²) in [5, 5.41) is 2.76. The highest BCUT2D eigenvalue weighted by atomic mass is 16.5. The fraction of sp³-hybridized carbons (Fsp3) is 0.667. The van der Waals surface area contributed by atoms with E-state index >= 15 is 0 Å². The molecule has 3 rings (SSSR count). The van der Waals surface area contributed by atoms with E-state index in [2.05, 4.69) is 15.3 Å². The molecule has 31 heavy (non-hydrogen) atoms. The fourth-order valence-corrected chi connectivity index (χ4v) is 3.42. The van der Waals surface area contributed by atoms with Gasteiger partial charge in [-0.1, -0.05) is 27.2 Å². The van der Waals surface area contributed by atoms with Crippen molar-refractivity contribution in [1.82, 2.24) is 24.4 Å². The number of amides is 1. The molecule has 10 heteroatoms. The van der Waals surface area contributed by atoms with E-state index in [1.165, 1.54) is 4.57 Å². The number of H-pyrrole nitrogens is 1. The molecule has 0 aromatic carbocycles. The molecule has 0 unspecified atom stereocenters. The Kier molecular flexibility index (Phi) is 7.29. The zero-order valence-corrected chi connectivity index (χ0v) is 18.4. The Morgan fingerprint density at radius 1 is 1.26 bits per heavy atom. The smallest absolute Gasteiger partial charge is 0.330 e. The van der Waals surface area contributed by atoms with Crippen molar-refractivity contribution in [3.05, 3.63) is 26.7 Å². The van der Waals surface area contributed by atoms with Crippen molar-refractivity contribution >= 4 is 23.0 Å². The molecule has 2 N–H and O–H groups in total. The Morgan fingerprint density at radius 2 is 2.00 bits per heavy atom. The first-order chi connectivity index (χ1) is 14.8. The number of unbranched alkanes of at least 4 members (excludes halogenated alkanes) is 1. The van der Waals surface area contributed by atoms with Gasteiger partial charge in [-0.3, -0.25) is 23.9 Å². The van der Waals surface area contributed by atoms with Gasteiger partial charge < -0.3 is 14.6 Å². The number of hydrogen-bond donors (Lipinski definition) is 2. The second-order valence-corrected chi connectivity index (χ2v) is 8.47. The van der Waals surface area contributed by atoms with Crippen LogP contribution in [0.15, 0.2) is 9.59 Å². The molecular formula is C21H31N5O5. The molecule has 2 aromatic heterocycles. The Balaban J connectivity index is 1.80. The van der Waals surface area contributed by atoms with Crippen LogP contribution in [0.3, 0.4) is 0 Å². The first-order valence-corrected chi connectivity index (χ1v) is 11.0. The number of rotatable bonds is 11. The van der Waals surface area contributed by atoms with E-state index in [1.807, 2.05) is 20.8 Å². The molecule has 0 radical (unpaired) electrons. The van der Waals surface area contributed by atoms with Crippen LogP contribution in [0.2, 0.25) is 0 Å². The fourth-order valence-electron chi connectivity index (χ4n) is 3.42. The van der Waals surface area contributed by atoms with Crippen molar-refractivity contribution in [1.29, 1.82) is 0 Å². The Bertz CT molecular complexity index is 1060. The van der Waals surface area contributed by atoms with E-state index in [0.29, 0.717) is 30.1 Å². The van der Waals surface area contributed by atoms with Crippen molar-refractivity contribution in [2.24, 2.45) is 5.92 Å². The van der Waals surface area contributed by atoms with Crippen LogP contribution in [-0.4, -0.2) is 43.6 Å². The van der Waals surface area contributed by atoms with Gasteiger partial charge in [-0.05, 0) is 25.2 Å².